The smallest absolute Gasteiger partial charge is 0.0905 e. The Bertz CT molecular complexity index is 261. The number of nitrogens with one attached hydrogen (secondary N) is 1. The number of piperidine rings is 1. The van der Waals surface area contributed by atoms with E-state index in [1.54, 1.807) is 0 Å². The molecule has 2 rings (SSSR count). The van der Waals surface area contributed by atoms with Crippen molar-refractivity contribution in [1.82, 2.24) is 9.80 Å². The predicted molar refractivity (Wildman–Crippen MR) is 76.0 cm³/mol. The largest absolute Gasteiger partial charge is 0.388 e. The second-order valence-electron chi connectivity index (χ2n) is 5.82. The highest BCUT2D eigenvalue weighted by Crippen LogP contribution is 2.20. The minimum Gasteiger partial charge on any atom is -0.388 e. The Balaban J connectivity index is 1.60. The molecule has 0 radical (unpaired) electrons. The van der Waals surface area contributed by atoms with Crippen molar-refractivity contribution in [3.05, 3.63) is 0 Å². The Morgan fingerprint density at radius 3 is 2.61 bits per heavy atom. The molecule has 2 aliphatic rings. The topological polar surface area (TPSA) is 56.4 Å². The molecule has 3 N–H and O–H groups in total. The van der Waals surface area contributed by atoms with Crippen molar-refractivity contribution in [3.63, 3.8) is 0 Å². The van der Waals surface area contributed by atoms with Gasteiger partial charge >= 0.3 is 0 Å². The zero-order valence-corrected chi connectivity index (χ0v) is 11.5. The molecule has 4 nitrogen and oxygen atoms in total. The molecule has 0 bridgehead atoms. The summed E-state index contributed by atoms with van der Waals surface area (Å²) in [4.78, 5) is 5.30. The lowest BCUT2D eigenvalue weighted by molar-refractivity contribution is 0.162. The summed E-state index contributed by atoms with van der Waals surface area (Å²) in [5.41, 5.74) is 5.37. The van der Waals surface area contributed by atoms with Gasteiger partial charge in [-0.1, -0.05) is 6.42 Å². The van der Waals surface area contributed by atoms with E-state index in [4.69, 9.17) is 11.1 Å². The molecule has 2 fully saturated rings. The van der Waals surface area contributed by atoms with Crippen molar-refractivity contribution in [2.45, 2.75) is 51.0 Å². The van der Waals surface area contributed by atoms with E-state index >= 15 is 0 Å². The van der Waals surface area contributed by atoms with Gasteiger partial charge in [-0.2, -0.15) is 0 Å². The molecule has 0 saturated carbocycles. The maximum atomic E-state index is 7.21. The molecule has 0 aromatic heterocycles. The number of likely N-dealkylation sites (tertiary alicyclic amines) is 2. The van der Waals surface area contributed by atoms with Crippen LogP contribution in [0, 0.1) is 5.41 Å². The number of rotatable bonds is 6. The molecule has 0 spiro atoms. The number of hydrogen-bond acceptors (Lipinski definition) is 3. The quantitative estimate of drug-likeness (QED) is 0.429. The van der Waals surface area contributed by atoms with Crippen LogP contribution in [0.4, 0.5) is 0 Å². The first-order valence-electron chi connectivity index (χ1n) is 7.55. The third-order valence-corrected chi connectivity index (χ3v) is 4.33. The van der Waals surface area contributed by atoms with E-state index in [2.05, 4.69) is 9.80 Å². The minimum atomic E-state index is 0.336. The first-order valence-corrected chi connectivity index (χ1v) is 7.55. The summed E-state index contributed by atoms with van der Waals surface area (Å²) >= 11 is 0. The molecule has 4 heteroatoms. The van der Waals surface area contributed by atoms with Crippen LogP contribution in [0.15, 0.2) is 0 Å². The van der Waals surface area contributed by atoms with E-state index in [1.165, 1.54) is 64.8 Å². The van der Waals surface area contributed by atoms with Crippen LogP contribution in [0.1, 0.15) is 44.9 Å². The summed E-state index contributed by atoms with van der Waals surface area (Å²) in [5.74, 6) is 0.336. The van der Waals surface area contributed by atoms with Gasteiger partial charge in [0.2, 0.25) is 0 Å². The Hall–Kier alpha value is -0.610. The maximum Gasteiger partial charge on any atom is 0.0905 e. The summed E-state index contributed by atoms with van der Waals surface area (Å²) in [6.45, 7) is 6.37. The normalized spacial score (nSPS) is 26.6. The molecule has 2 heterocycles. The van der Waals surface area contributed by atoms with E-state index in [0.717, 1.165) is 18.9 Å². The van der Waals surface area contributed by atoms with E-state index < -0.39 is 0 Å². The van der Waals surface area contributed by atoms with Crippen LogP contribution in [-0.2, 0) is 0 Å². The molecule has 0 amide bonds. The second kappa shape index (κ2) is 7.10. The average Bonchev–Trinajstić information content (AvgIpc) is 2.84. The molecule has 0 aromatic carbocycles. The van der Waals surface area contributed by atoms with Crippen LogP contribution in [0.3, 0.4) is 0 Å². The molecule has 0 aliphatic carbocycles. The maximum absolute atomic E-state index is 7.21. The van der Waals surface area contributed by atoms with Crippen LogP contribution in [0.2, 0.25) is 0 Å². The monoisotopic (exact) mass is 252 g/mol. The Morgan fingerprint density at radius 2 is 1.89 bits per heavy atom. The van der Waals surface area contributed by atoms with Gasteiger partial charge in [0, 0.05) is 19.0 Å². The van der Waals surface area contributed by atoms with Gasteiger partial charge in [0.15, 0.2) is 0 Å². The van der Waals surface area contributed by atoms with E-state index in [0.29, 0.717) is 5.84 Å². The van der Waals surface area contributed by atoms with Gasteiger partial charge in [-0.15, -0.1) is 0 Å². The zero-order chi connectivity index (χ0) is 12.8. The van der Waals surface area contributed by atoms with Crippen LogP contribution in [0.25, 0.3) is 0 Å². The van der Waals surface area contributed by atoms with Gasteiger partial charge in [0.25, 0.3) is 0 Å². The summed E-state index contributed by atoms with van der Waals surface area (Å²) in [5, 5.41) is 7.21. The van der Waals surface area contributed by atoms with Crippen molar-refractivity contribution in [3.8, 4) is 0 Å². The molecule has 1 atom stereocenters. The van der Waals surface area contributed by atoms with Crippen molar-refractivity contribution in [2.24, 2.45) is 5.73 Å². The third kappa shape index (κ3) is 4.25. The fourth-order valence-corrected chi connectivity index (χ4v) is 3.25. The molecule has 18 heavy (non-hydrogen) atoms. The van der Waals surface area contributed by atoms with Crippen molar-refractivity contribution >= 4 is 5.84 Å². The van der Waals surface area contributed by atoms with E-state index in [1.807, 2.05) is 0 Å². The lowest BCUT2D eigenvalue weighted by Crippen LogP contribution is -2.40. The molecule has 2 aliphatic heterocycles. The second-order valence-corrected chi connectivity index (χ2v) is 5.82. The lowest BCUT2D eigenvalue weighted by atomic mass is 10.1. The average molecular weight is 252 g/mol. The van der Waals surface area contributed by atoms with Crippen LogP contribution >= 0.6 is 0 Å². The summed E-state index contributed by atoms with van der Waals surface area (Å²) in [6, 6.07) is 0.818. The Kier molecular flexibility index (Phi) is 5.45. The standard InChI is InChI=1S/C14H28N4/c15-14(16)6-2-5-8-17-11-7-13(12-17)18-9-3-1-4-10-18/h13H,1-12H2,(H3,15,16). The fraction of sp³-hybridized carbons (Fsp3) is 0.929. The Morgan fingerprint density at radius 1 is 1.11 bits per heavy atom. The van der Waals surface area contributed by atoms with Gasteiger partial charge in [-0.3, -0.25) is 10.3 Å². The molecule has 0 aromatic rings. The van der Waals surface area contributed by atoms with Gasteiger partial charge in [-0.05, 0) is 58.3 Å². The first kappa shape index (κ1) is 13.8. The third-order valence-electron chi connectivity index (χ3n) is 4.33. The fourth-order valence-electron chi connectivity index (χ4n) is 3.25. The van der Waals surface area contributed by atoms with Gasteiger partial charge in [0.05, 0.1) is 5.84 Å². The van der Waals surface area contributed by atoms with Gasteiger partial charge < -0.3 is 10.6 Å². The lowest BCUT2D eigenvalue weighted by Gasteiger charge is -2.32. The minimum absolute atomic E-state index is 0.336. The number of amidine groups is 1. The van der Waals surface area contributed by atoms with Gasteiger partial charge in [0.1, 0.15) is 0 Å². The number of unbranched alkanes of at least 4 members (excludes halogenated alkanes) is 1. The van der Waals surface area contributed by atoms with Crippen LogP contribution in [0.5, 0.6) is 0 Å². The van der Waals surface area contributed by atoms with Crippen LogP contribution in [-0.4, -0.2) is 54.4 Å². The molecule has 1 unspecified atom stereocenters. The van der Waals surface area contributed by atoms with Gasteiger partial charge in [-0.25, -0.2) is 0 Å². The van der Waals surface area contributed by atoms with E-state index in [-0.39, 0.29) is 0 Å². The predicted octanol–water partition coefficient (Wildman–Crippen LogP) is 1.65. The highest BCUT2D eigenvalue weighted by atomic mass is 15.3. The molecule has 2 saturated heterocycles. The molecule has 104 valence electrons. The van der Waals surface area contributed by atoms with Crippen molar-refractivity contribution in [2.75, 3.05) is 32.7 Å². The summed E-state index contributed by atoms with van der Waals surface area (Å²) in [7, 11) is 0. The van der Waals surface area contributed by atoms with Crippen molar-refractivity contribution in [1.29, 1.82) is 5.41 Å². The van der Waals surface area contributed by atoms with E-state index in [9.17, 15) is 0 Å². The van der Waals surface area contributed by atoms with Crippen LogP contribution < -0.4 is 5.73 Å². The van der Waals surface area contributed by atoms with Crippen molar-refractivity contribution < 1.29 is 0 Å². The summed E-state index contributed by atoms with van der Waals surface area (Å²) < 4.78 is 0. The summed E-state index contributed by atoms with van der Waals surface area (Å²) in [6.07, 6.45) is 8.60. The molecular formula is C14H28N4. The first-order chi connectivity index (χ1) is 8.75. The number of hydrogen-bond donors (Lipinski definition) is 2. The zero-order valence-electron chi connectivity index (χ0n) is 11.5. The number of nitrogens with two attached hydrogens (primary N) is 1. The molecular weight excluding hydrogens is 224 g/mol. The SMILES string of the molecule is N=C(N)CCCCN1CCC(N2CCCCC2)C1. The number of nitrogens with zero attached hydrogens (tertiary/aromatic N) is 2. The Labute approximate surface area is 111 Å². The highest BCUT2D eigenvalue weighted by Gasteiger charge is 2.27. The highest BCUT2D eigenvalue weighted by molar-refractivity contribution is 5.76.